The summed E-state index contributed by atoms with van der Waals surface area (Å²) >= 11 is 0. The van der Waals surface area contributed by atoms with E-state index in [2.05, 4.69) is 29.4 Å². The van der Waals surface area contributed by atoms with Crippen molar-refractivity contribution in [3.05, 3.63) is 89.6 Å². The summed E-state index contributed by atoms with van der Waals surface area (Å²) in [6.07, 6.45) is 10.1. The van der Waals surface area contributed by atoms with Crippen LogP contribution in [0.25, 0.3) is 16.6 Å². The lowest BCUT2D eigenvalue weighted by atomic mass is 9.56. The molecule has 192 valence electrons. The first-order chi connectivity index (χ1) is 18.0. The minimum atomic E-state index is -0.781. The maximum absolute atomic E-state index is 13.6. The molecule has 0 amide bonds. The van der Waals surface area contributed by atoms with E-state index in [1.807, 2.05) is 30.1 Å². The minimum Gasteiger partial charge on any atom is -0.387 e. The third-order valence-corrected chi connectivity index (χ3v) is 8.64. The number of aryl methyl sites for hydroxylation is 1. The number of rotatable bonds is 6. The minimum absolute atomic E-state index is 0.106. The van der Waals surface area contributed by atoms with Gasteiger partial charge >= 0.3 is 0 Å². The van der Waals surface area contributed by atoms with Gasteiger partial charge < -0.3 is 9.84 Å². The van der Waals surface area contributed by atoms with Gasteiger partial charge in [0, 0.05) is 29.3 Å². The lowest BCUT2D eigenvalue weighted by Crippen LogP contribution is -2.51. The Morgan fingerprint density at radius 3 is 2.78 bits per heavy atom. The Morgan fingerprint density at radius 2 is 2.00 bits per heavy atom. The number of hydrogen-bond donors (Lipinski definition) is 1. The molecule has 0 aliphatic heterocycles. The predicted octanol–water partition coefficient (Wildman–Crippen LogP) is 5.94. The van der Waals surface area contributed by atoms with Gasteiger partial charge in [-0.15, -0.1) is 0 Å². The van der Waals surface area contributed by atoms with Crippen molar-refractivity contribution in [3.63, 3.8) is 0 Å². The van der Waals surface area contributed by atoms with Crippen LogP contribution >= 0.6 is 0 Å². The molecular weight excluding hydrogens is 465 g/mol. The average molecular weight is 500 g/mol. The van der Waals surface area contributed by atoms with E-state index in [4.69, 9.17) is 9.72 Å². The number of nitrogens with zero attached hydrogens (tertiary/aromatic N) is 3. The SMILES string of the molecule is CCOC[C@]1(O)CC[C@]2(Cc3ccccn3)c3cc4cnn(-c5ccc(F)cc5)c4cc3CCC[C@@H]2C1. The molecule has 0 spiro atoms. The Labute approximate surface area is 217 Å². The molecule has 1 N–H and O–H groups in total. The Balaban J connectivity index is 1.47. The summed E-state index contributed by atoms with van der Waals surface area (Å²) in [5.74, 6) is 0.0812. The molecule has 2 aliphatic rings. The topological polar surface area (TPSA) is 60.2 Å². The first kappa shape index (κ1) is 24.3. The van der Waals surface area contributed by atoms with Crippen molar-refractivity contribution >= 4 is 10.9 Å². The van der Waals surface area contributed by atoms with Crippen molar-refractivity contribution in [1.82, 2.24) is 14.8 Å². The quantitative estimate of drug-likeness (QED) is 0.356. The van der Waals surface area contributed by atoms with Crippen LogP contribution in [0.4, 0.5) is 4.39 Å². The molecule has 2 aromatic heterocycles. The van der Waals surface area contributed by atoms with Crippen molar-refractivity contribution in [2.45, 2.75) is 62.9 Å². The zero-order valence-corrected chi connectivity index (χ0v) is 21.4. The molecule has 6 rings (SSSR count). The van der Waals surface area contributed by atoms with Crippen LogP contribution in [0, 0.1) is 11.7 Å². The highest BCUT2D eigenvalue weighted by Gasteiger charge is 2.51. The molecule has 0 bridgehead atoms. The first-order valence-corrected chi connectivity index (χ1v) is 13.5. The Morgan fingerprint density at radius 1 is 1.14 bits per heavy atom. The van der Waals surface area contributed by atoms with Crippen LogP contribution in [0.2, 0.25) is 0 Å². The Kier molecular flexibility index (Phi) is 6.33. The van der Waals surface area contributed by atoms with Crippen LogP contribution in [0.15, 0.2) is 67.0 Å². The molecule has 0 saturated heterocycles. The highest BCUT2D eigenvalue weighted by Crippen LogP contribution is 2.54. The van der Waals surface area contributed by atoms with E-state index < -0.39 is 5.60 Å². The second kappa shape index (κ2) is 9.66. The zero-order valence-electron chi connectivity index (χ0n) is 21.4. The van der Waals surface area contributed by atoms with Gasteiger partial charge in [0.05, 0.1) is 29.6 Å². The molecule has 37 heavy (non-hydrogen) atoms. The summed E-state index contributed by atoms with van der Waals surface area (Å²) in [6, 6.07) is 17.3. The molecule has 2 aliphatic carbocycles. The van der Waals surface area contributed by atoms with Crippen LogP contribution in [0.5, 0.6) is 0 Å². The van der Waals surface area contributed by atoms with E-state index in [0.717, 1.165) is 60.8 Å². The van der Waals surface area contributed by atoms with E-state index >= 15 is 0 Å². The fourth-order valence-electron chi connectivity index (χ4n) is 6.84. The van der Waals surface area contributed by atoms with Crippen molar-refractivity contribution in [2.24, 2.45) is 5.92 Å². The second-order valence-corrected chi connectivity index (χ2v) is 10.9. The Bertz CT molecular complexity index is 1390. The van der Waals surface area contributed by atoms with Gasteiger partial charge in [-0.2, -0.15) is 5.10 Å². The molecule has 2 heterocycles. The maximum atomic E-state index is 13.6. The van der Waals surface area contributed by atoms with E-state index in [-0.39, 0.29) is 11.2 Å². The molecule has 1 fully saturated rings. The molecule has 0 unspecified atom stereocenters. The monoisotopic (exact) mass is 499 g/mol. The number of halogens is 1. The fourth-order valence-corrected chi connectivity index (χ4v) is 6.84. The Hall–Kier alpha value is -3.09. The van der Waals surface area contributed by atoms with Crippen LogP contribution < -0.4 is 0 Å². The van der Waals surface area contributed by atoms with Gasteiger partial charge in [-0.25, -0.2) is 9.07 Å². The van der Waals surface area contributed by atoms with Crippen LogP contribution in [0.3, 0.4) is 0 Å². The number of benzene rings is 2. The molecule has 5 nitrogen and oxygen atoms in total. The lowest BCUT2D eigenvalue weighted by Gasteiger charge is -2.50. The van der Waals surface area contributed by atoms with Crippen molar-refractivity contribution in [3.8, 4) is 5.69 Å². The highest BCUT2D eigenvalue weighted by atomic mass is 19.1. The third kappa shape index (κ3) is 4.47. The van der Waals surface area contributed by atoms with E-state index in [1.54, 1.807) is 12.1 Å². The standard InChI is InChI=1S/C31H34FN3O2/c1-2-37-21-30(36)13-14-31(19-26-8-3-4-15-33-26)24(18-30)7-5-6-22-17-29-23(16-28(22)31)20-34-35(29)27-11-9-25(32)10-12-27/h3-4,8-12,15-17,20,24,36H,2,5-7,13-14,18-19,21H2,1H3/t24-,30+,31-/m1/s1. The van der Waals surface area contributed by atoms with Gasteiger partial charge in [-0.3, -0.25) is 4.98 Å². The van der Waals surface area contributed by atoms with E-state index in [9.17, 15) is 9.50 Å². The maximum Gasteiger partial charge on any atom is 0.123 e. The number of ether oxygens (including phenoxy) is 1. The van der Waals surface area contributed by atoms with Gasteiger partial charge in [0.25, 0.3) is 0 Å². The summed E-state index contributed by atoms with van der Waals surface area (Å²) in [6.45, 7) is 3.00. The fraction of sp³-hybridized carbons (Fsp3) is 0.419. The lowest BCUT2D eigenvalue weighted by molar-refractivity contribution is -0.0971. The van der Waals surface area contributed by atoms with Gasteiger partial charge in [0.1, 0.15) is 5.82 Å². The summed E-state index contributed by atoms with van der Waals surface area (Å²) in [4.78, 5) is 4.73. The van der Waals surface area contributed by atoms with Gasteiger partial charge in [-0.05, 0) is 117 Å². The summed E-state index contributed by atoms with van der Waals surface area (Å²) in [5, 5.41) is 17.3. The van der Waals surface area contributed by atoms with Gasteiger partial charge in [0.2, 0.25) is 0 Å². The van der Waals surface area contributed by atoms with E-state index in [0.29, 0.717) is 25.6 Å². The molecule has 6 heteroatoms. The molecule has 0 radical (unpaired) electrons. The first-order valence-electron chi connectivity index (χ1n) is 13.5. The number of pyridine rings is 1. The molecule has 4 aromatic rings. The normalized spacial score (nSPS) is 25.4. The van der Waals surface area contributed by atoms with Crippen molar-refractivity contribution < 1.29 is 14.2 Å². The smallest absolute Gasteiger partial charge is 0.123 e. The van der Waals surface area contributed by atoms with Crippen molar-refractivity contribution in [2.75, 3.05) is 13.2 Å². The van der Waals surface area contributed by atoms with Crippen LogP contribution in [0.1, 0.15) is 55.8 Å². The summed E-state index contributed by atoms with van der Waals surface area (Å²) in [7, 11) is 0. The van der Waals surface area contributed by atoms with Crippen LogP contribution in [-0.2, 0) is 23.0 Å². The molecule has 3 atom stereocenters. The summed E-state index contributed by atoms with van der Waals surface area (Å²) < 4.78 is 21.2. The third-order valence-electron chi connectivity index (χ3n) is 8.64. The highest BCUT2D eigenvalue weighted by molar-refractivity contribution is 5.82. The molecular formula is C31H34FN3O2. The number of hydrogen-bond acceptors (Lipinski definition) is 4. The second-order valence-electron chi connectivity index (χ2n) is 10.9. The number of fused-ring (bicyclic) bond motifs is 4. The molecule has 1 saturated carbocycles. The summed E-state index contributed by atoms with van der Waals surface area (Å²) in [5.41, 5.74) is 4.83. The van der Waals surface area contributed by atoms with Gasteiger partial charge in [0.15, 0.2) is 0 Å². The average Bonchev–Trinajstić information content (AvgIpc) is 3.26. The van der Waals surface area contributed by atoms with Crippen molar-refractivity contribution in [1.29, 1.82) is 0 Å². The van der Waals surface area contributed by atoms with Crippen LogP contribution in [-0.4, -0.2) is 38.7 Å². The zero-order chi connectivity index (χ0) is 25.5. The number of aliphatic hydroxyl groups is 1. The predicted molar refractivity (Wildman–Crippen MR) is 142 cm³/mol. The number of aromatic nitrogens is 3. The largest absolute Gasteiger partial charge is 0.387 e. The van der Waals surface area contributed by atoms with E-state index in [1.165, 1.54) is 23.3 Å². The van der Waals surface area contributed by atoms with Gasteiger partial charge in [-0.1, -0.05) is 6.07 Å². The molecule has 2 aromatic carbocycles.